The number of rotatable bonds is 11. The highest BCUT2D eigenvalue weighted by Gasteiger charge is 2.12. The maximum atomic E-state index is 4.11. The van der Waals surface area contributed by atoms with E-state index < -0.39 is 0 Å². The molecule has 0 bridgehead atoms. The van der Waals surface area contributed by atoms with Crippen molar-refractivity contribution in [3.8, 4) is 0 Å². The summed E-state index contributed by atoms with van der Waals surface area (Å²) >= 11 is 0. The van der Waals surface area contributed by atoms with Gasteiger partial charge in [-0.3, -0.25) is 0 Å². The highest BCUT2D eigenvalue weighted by Crippen LogP contribution is 2.27. The molecule has 1 saturated carbocycles. The predicted molar refractivity (Wildman–Crippen MR) is 93.9 cm³/mol. The molecule has 0 saturated heterocycles. The van der Waals surface area contributed by atoms with Gasteiger partial charge in [0.1, 0.15) is 0 Å². The van der Waals surface area contributed by atoms with Gasteiger partial charge in [-0.15, -0.1) is 0 Å². The molecule has 1 aliphatic carbocycles. The third-order valence-corrected chi connectivity index (χ3v) is 4.40. The van der Waals surface area contributed by atoms with E-state index in [9.17, 15) is 0 Å². The fourth-order valence-electron chi connectivity index (χ4n) is 2.92. The summed E-state index contributed by atoms with van der Waals surface area (Å²) in [6.45, 7) is 15.2. The Bertz CT molecular complexity index is 337. The second-order valence-electron chi connectivity index (χ2n) is 6.36. The maximum absolute atomic E-state index is 4.11. The Morgan fingerprint density at radius 2 is 1.62 bits per heavy atom. The first-order chi connectivity index (χ1) is 10.1. The van der Waals surface area contributed by atoms with Gasteiger partial charge in [0, 0.05) is 23.6 Å². The lowest BCUT2D eigenvalue weighted by Crippen LogP contribution is -2.17. The summed E-state index contributed by atoms with van der Waals surface area (Å²) < 4.78 is 0. The molecule has 120 valence electrons. The minimum Gasteiger partial charge on any atom is -0.389 e. The number of hydrogen-bond donors (Lipinski definition) is 2. The van der Waals surface area contributed by atoms with Crippen LogP contribution in [-0.4, -0.2) is 6.54 Å². The Morgan fingerprint density at radius 3 is 2.29 bits per heavy atom. The second kappa shape index (κ2) is 10.5. The zero-order valence-corrected chi connectivity index (χ0v) is 14.0. The SMILES string of the molecule is C=C(CCC(=C)NC(=C)CC)NCCCC1CCCCC1. The average Bonchev–Trinajstić information content (AvgIpc) is 2.50. The Balaban J connectivity index is 2.00. The fourth-order valence-corrected chi connectivity index (χ4v) is 2.92. The van der Waals surface area contributed by atoms with Gasteiger partial charge < -0.3 is 10.6 Å². The Labute approximate surface area is 131 Å². The molecule has 0 aromatic rings. The maximum Gasteiger partial charge on any atom is 0.0143 e. The van der Waals surface area contributed by atoms with Crippen molar-refractivity contribution in [1.29, 1.82) is 0 Å². The van der Waals surface area contributed by atoms with Gasteiger partial charge in [0.15, 0.2) is 0 Å². The molecule has 0 spiro atoms. The zero-order valence-electron chi connectivity index (χ0n) is 14.0. The molecule has 0 radical (unpaired) electrons. The standard InChI is InChI=1S/C19H34N2/c1-5-16(2)21-18(4)14-13-17(3)20-15-9-12-19-10-7-6-8-11-19/h19-21H,2-15H2,1H3. The van der Waals surface area contributed by atoms with E-state index in [1.165, 1.54) is 44.9 Å². The third kappa shape index (κ3) is 8.64. The first kappa shape index (κ1) is 17.9. The van der Waals surface area contributed by atoms with Gasteiger partial charge in [-0.1, -0.05) is 58.8 Å². The van der Waals surface area contributed by atoms with Crippen molar-refractivity contribution in [2.75, 3.05) is 6.54 Å². The molecule has 0 amide bonds. The highest BCUT2D eigenvalue weighted by atomic mass is 14.9. The molecule has 0 aromatic heterocycles. The minimum absolute atomic E-state index is 0.924. The lowest BCUT2D eigenvalue weighted by molar-refractivity contribution is 0.331. The molecule has 2 nitrogen and oxygen atoms in total. The summed E-state index contributed by atoms with van der Waals surface area (Å²) in [4.78, 5) is 0. The molecular weight excluding hydrogens is 256 g/mol. The van der Waals surface area contributed by atoms with E-state index in [0.717, 1.165) is 48.8 Å². The largest absolute Gasteiger partial charge is 0.389 e. The van der Waals surface area contributed by atoms with Crippen molar-refractivity contribution in [3.63, 3.8) is 0 Å². The van der Waals surface area contributed by atoms with Gasteiger partial charge in [0.05, 0.1) is 0 Å². The molecule has 21 heavy (non-hydrogen) atoms. The Kier molecular flexibility index (Phi) is 8.96. The molecule has 0 atom stereocenters. The van der Waals surface area contributed by atoms with Crippen LogP contribution in [0.1, 0.15) is 71.1 Å². The molecule has 1 aliphatic rings. The van der Waals surface area contributed by atoms with Crippen LogP contribution in [0.3, 0.4) is 0 Å². The van der Waals surface area contributed by atoms with Crippen LogP contribution in [0.2, 0.25) is 0 Å². The molecule has 0 aromatic carbocycles. The predicted octanol–water partition coefficient (Wildman–Crippen LogP) is 5.26. The summed E-state index contributed by atoms with van der Waals surface area (Å²) in [5.74, 6) is 0.984. The summed E-state index contributed by atoms with van der Waals surface area (Å²) in [7, 11) is 0. The third-order valence-electron chi connectivity index (χ3n) is 4.40. The second-order valence-corrected chi connectivity index (χ2v) is 6.36. The Morgan fingerprint density at radius 1 is 0.952 bits per heavy atom. The van der Waals surface area contributed by atoms with E-state index in [-0.39, 0.29) is 0 Å². The van der Waals surface area contributed by atoms with Crippen molar-refractivity contribution >= 4 is 0 Å². The van der Waals surface area contributed by atoms with Crippen LogP contribution < -0.4 is 10.6 Å². The average molecular weight is 290 g/mol. The quantitative estimate of drug-likeness (QED) is 0.507. The Hall–Kier alpha value is -1.18. The normalized spacial score (nSPS) is 15.5. The smallest absolute Gasteiger partial charge is 0.0143 e. The van der Waals surface area contributed by atoms with Gasteiger partial charge in [-0.25, -0.2) is 0 Å². The monoisotopic (exact) mass is 290 g/mol. The van der Waals surface area contributed by atoms with E-state index in [2.05, 4.69) is 37.3 Å². The van der Waals surface area contributed by atoms with Gasteiger partial charge >= 0.3 is 0 Å². The summed E-state index contributed by atoms with van der Waals surface area (Å²) in [6, 6.07) is 0. The molecular formula is C19H34N2. The van der Waals surface area contributed by atoms with Crippen LogP contribution in [0.15, 0.2) is 36.8 Å². The molecule has 0 aliphatic heterocycles. The minimum atomic E-state index is 0.924. The molecule has 2 N–H and O–H groups in total. The van der Waals surface area contributed by atoms with Gasteiger partial charge in [-0.2, -0.15) is 0 Å². The lowest BCUT2D eigenvalue weighted by atomic mass is 9.86. The number of nitrogens with one attached hydrogen (secondary N) is 2. The van der Waals surface area contributed by atoms with Crippen LogP contribution in [0, 0.1) is 5.92 Å². The highest BCUT2D eigenvalue weighted by molar-refractivity contribution is 5.06. The van der Waals surface area contributed by atoms with Crippen molar-refractivity contribution < 1.29 is 0 Å². The van der Waals surface area contributed by atoms with E-state index in [1.807, 2.05) is 0 Å². The van der Waals surface area contributed by atoms with Crippen LogP contribution in [0.5, 0.6) is 0 Å². The van der Waals surface area contributed by atoms with Gasteiger partial charge in [-0.05, 0) is 38.0 Å². The van der Waals surface area contributed by atoms with Crippen LogP contribution in [0.4, 0.5) is 0 Å². The zero-order chi connectivity index (χ0) is 15.5. The molecule has 0 heterocycles. The summed E-state index contributed by atoms with van der Waals surface area (Å²) in [6.07, 6.45) is 12.7. The van der Waals surface area contributed by atoms with Crippen molar-refractivity contribution in [3.05, 3.63) is 36.8 Å². The topological polar surface area (TPSA) is 24.1 Å². The fraction of sp³-hybridized carbons (Fsp3) is 0.684. The van der Waals surface area contributed by atoms with Crippen LogP contribution >= 0.6 is 0 Å². The van der Waals surface area contributed by atoms with Crippen molar-refractivity contribution in [2.45, 2.75) is 71.1 Å². The van der Waals surface area contributed by atoms with Gasteiger partial charge in [0.25, 0.3) is 0 Å². The number of allylic oxidation sites excluding steroid dienone is 3. The first-order valence-corrected chi connectivity index (χ1v) is 8.66. The van der Waals surface area contributed by atoms with E-state index in [0.29, 0.717) is 0 Å². The first-order valence-electron chi connectivity index (χ1n) is 8.66. The van der Waals surface area contributed by atoms with Crippen molar-refractivity contribution in [2.24, 2.45) is 5.92 Å². The lowest BCUT2D eigenvalue weighted by Gasteiger charge is -2.21. The molecule has 1 rings (SSSR count). The van der Waals surface area contributed by atoms with E-state index in [1.54, 1.807) is 0 Å². The van der Waals surface area contributed by atoms with E-state index >= 15 is 0 Å². The number of hydrogen-bond acceptors (Lipinski definition) is 2. The summed E-state index contributed by atoms with van der Waals surface area (Å²) in [5.41, 5.74) is 3.20. The van der Waals surface area contributed by atoms with Crippen LogP contribution in [-0.2, 0) is 0 Å². The summed E-state index contributed by atoms with van der Waals surface area (Å²) in [5, 5.41) is 6.70. The van der Waals surface area contributed by atoms with Crippen molar-refractivity contribution in [1.82, 2.24) is 10.6 Å². The molecule has 0 unspecified atom stereocenters. The van der Waals surface area contributed by atoms with Crippen LogP contribution in [0.25, 0.3) is 0 Å². The molecule has 1 fully saturated rings. The molecule has 2 heteroatoms. The van der Waals surface area contributed by atoms with Gasteiger partial charge in [0.2, 0.25) is 0 Å². The van der Waals surface area contributed by atoms with E-state index in [4.69, 9.17) is 0 Å².